The van der Waals surface area contributed by atoms with Gasteiger partial charge in [0.25, 0.3) is 0 Å². The van der Waals surface area contributed by atoms with Crippen molar-refractivity contribution >= 4 is 0 Å². The number of hydrogen-bond donors (Lipinski definition) is 1. The zero-order chi connectivity index (χ0) is 13.4. The fourth-order valence-corrected chi connectivity index (χ4v) is 2.75. The molecule has 1 nitrogen and oxygen atoms in total. The van der Waals surface area contributed by atoms with Crippen molar-refractivity contribution in [3.05, 3.63) is 35.1 Å². The number of aryl methyl sites for hydroxylation is 1. The average molecular weight is 257 g/mol. The molecule has 0 aromatic heterocycles. The molecule has 0 bridgehead atoms. The van der Waals surface area contributed by atoms with Crippen molar-refractivity contribution < 1.29 is 13.2 Å². The molecule has 1 fully saturated rings. The van der Waals surface area contributed by atoms with E-state index in [0.29, 0.717) is 12.8 Å². The largest absolute Gasteiger partial charge is 0.330 e. The van der Waals surface area contributed by atoms with Crippen LogP contribution < -0.4 is 5.73 Å². The molecule has 1 aromatic rings. The van der Waals surface area contributed by atoms with Crippen LogP contribution in [-0.2, 0) is 5.41 Å². The van der Waals surface area contributed by atoms with E-state index in [-0.39, 0.29) is 25.2 Å². The number of benzene rings is 1. The summed E-state index contributed by atoms with van der Waals surface area (Å²) >= 11 is 0. The summed E-state index contributed by atoms with van der Waals surface area (Å²) in [5, 5.41) is 0. The van der Waals surface area contributed by atoms with Gasteiger partial charge in [-0.1, -0.05) is 6.07 Å². The molecule has 2 N–H and O–H groups in total. The minimum absolute atomic E-state index is 0.167. The van der Waals surface area contributed by atoms with Crippen LogP contribution in [0.15, 0.2) is 18.2 Å². The topological polar surface area (TPSA) is 26.0 Å². The molecule has 0 amide bonds. The first-order valence-electron chi connectivity index (χ1n) is 6.23. The highest BCUT2D eigenvalue weighted by Crippen LogP contribution is 2.45. The Hall–Kier alpha value is -1.03. The van der Waals surface area contributed by atoms with Crippen molar-refractivity contribution in [1.82, 2.24) is 0 Å². The van der Waals surface area contributed by atoms with Crippen LogP contribution in [0.5, 0.6) is 0 Å². The van der Waals surface area contributed by atoms with Gasteiger partial charge in [-0.25, -0.2) is 13.2 Å². The van der Waals surface area contributed by atoms with Crippen LogP contribution in [0.3, 0.4) is 0 Å². The van der Waals surface area contributed by atoms with Crippen LogP contribution in [-0.4, -0.2) is 12.5 Å². The molecule has 1 aliphatic rings. The number of halogens is 3. The second kappa shape index (κ2) is 4.57. The Labute approximate surface area is 105 Å². The SMILES string of the molecule is Cc1cc(F)cc(C2(CN)CCC(F)(F)CC2)c1. The molecule has 0 heterocycles. The maximum atomic E-state index is 13.5. The van der Waals surface area contributed by atoms with Crippen LogP contribution in [0.25, 0.3) is 0 Å². The predicted molar refractivity (Wildman–Crippen MR) is 65.3 cm³/mol. The minimum Gasteiger partial charge on any atom is -0.330 e. The lowest BCUT2D eigenvalue weighted by molar-refractivity contribution is -0.0509. The quantitative estimate of drug-likeness (QED) is 0.861. The van der Waals surface area contributed by atoms with E-state index in [1.807, 2.05) is 6.07 Å². The molecule has 0 radical (unpaired) electrons. The van der Waals surface area contributed by atoms with Gasteiger partial charge in [-0.15, -0.1) is 0 Å². The molecule has 1 aliphatic carbocycles. The highest BCUT2D eigenvalue weighted by Gasteiger charge is 2.43. The molecule has 0 aliphatic heterocycles. The number of nitrogens with two attached hydrogens (primary N) is 1. The van der Waals surface area contributed by atoms with E-state index in [1.54, 1.807) is 6.92 Å². The Morgan fingerprint density at radius 2 is 1.72 bits per heavy atom. The lowest BCUT2D eigenvalue weighted by Gasteiger charge is -2.40. The number of hydrogen-bond acceptors (Lipinski definition) is 1. The molecule has 1 aromatic carbocycles. The second-order valence-electron chi connectivity index (χ2n) is 5.36. The first-order valence-corrected chi connectivity index (χ1v) is 6.23. The summed E-state index contributed by atoms with van der Waals surface area (Å²) in [6.07, 6.45) is 0.304. The van der Waals surface area contributed by atoms with Gasteiger partial charge in [0.15, 0.2) is 0 Å². The van der Waals surface area contributed by atoms with E-state index >= 15 is 0 Å². The van der Waals surface area contributed by atoms with E-state index < -0.39 is 11.3 Å². The van der Waals surface area contributed by atoms with E-state index in [9.17, 15) is 13.2 Å². The standard InChI is InChI=1S/C14H18F3N/c1-10-6-11(8-12(15)7-10)13(9-18)2-4-14(16,17)5-3-13/h6-8H,2-5,9,18H2,1H3. The molecule has 18 heavy (non-hydrogen) atoms. The first-order chi connectivity index (χ1) is 8.37. The molecule has 1 saturated carbocycles. The van der Waals surface area contributed by atoms with Gasteiger partial charge in [-0.05, 0) is 43.0 Å². The molecular formula is C14H18F3N. The van der Waals surface area contributed by atoms with Crippen molar-refractivity contribution in [2.45, 2.75) is 43.9 Å². The van der Waals surface area contributed by atoms with Gasteiger partial charge in [0.05, 0.1) is 0 Å². The molecule has 2 rings (SSSR count). The van der Waals surface area contributed by atoms with Crippen molar-refractivity contribution in [3.63, 3.8) is 0 Å². The second-order valence-corrected chi connectivity index (χ2v) is 5.36. The van der Waals surface area contributed by atoms with E-state index in [1.165, 1.54) is 12.1 Å². The summed E-state index contributed by atoms with van der Waals surface area (Å²) in [7, 11) is 0. The van der Waals surface area contributed by atoms with Gasteiger partial charge in [0, 0.05) is 24.8 Å². The van der Waals surface area contributed by atoms with Crippen molar-refractivity contribution in [1.29, 1.82) is 0 Å². The zero-order valence-corrected chi connectivity index (χ0v) is 10.5. The van der Waals surface area contributed by atoms with E-state index in [2.05, 4.69) is 0 Å². The molecule has 0 atom stereocenters. The third-order valence-electron chi connectivity index (χ3n) is 3.98. The third kappa shape index (κ3) is 2.53. The maximum Gasteiger partial charge on any atom is 0.248 e. The summed E-state index contributed by atoms with van der Waals surface area (Å²) in [5.41, 5.74) is 6.86. The van der Waals surface area contributed by atoms with Crippen molar-refractivity contribution in [2.75, 3.05) is 6.54 Å². The van der Waals surface area contributed by atoms with Crippen LogP contribution in [0.2, 0.25) is 0 Å². The monoisotopic (exact) mass is 257 g/mol. The predicted octanol–water partition coefficient (Wildman–Crippen LogP) is 3.54. The third-order valence-corrected chi connectivity index (χ3v) is 3.98. The maximum absolute atomic E-state index is 13.5. The first kappa shape index (κ1) is 13.4. The van der Waals surface area contributed by atoms with E-state index in [0.717, 1.165) is 11.1 Å². The fraction of sp³-hybridized carbons (Fsp3) is 0.571. The Bertz CT molecular complexity index is 412. The highest BCUT2D eigenvalue weighted by molar-refractivity contribution is 5.31. The van der Waals surface area contributed by atoms with Crippen LogP contribution in [0.1, 0.15) is 36.8 Å². The van der Waals surface area contributed by atoms with Gasteiger partial charge < -0.3 is 5.73 Å². The molecule has 0 unspecified atom stereocenters. The Morgan fingerprint density at radius 3 is 2.22 bits per heavy atom. The minimum atomic E-state index is -2.60. The van der Waals surface area contributed by atoms with Crippen molar-refractivity contribution in [2.24, 2.45) is 5.73 Å². The molecule has 100 valence electrons. The summed E-state index contributed by atoms with van der Waals surface area (Å²) in [5.74, 6) is -2.92. The van der Waals surface area contributed by atoms with Gasteiger partial charge in [-0.3, -0.25) is 0 Å². The fourth-order valence-electron chi connectivity index (χ4n) is 2.75. The molecule has 0 saturated heterocycles. The summed E-state index contributed by atoms with van der Waals surface area (Å²) in [6.45, 7) is 2.08. The van der Waals surface area contributed by atoms with Gasteiger partial charge in [-0.2, -0.15) is 0 Å². The van der Waals surface area contributed by atoms with Crippen molar-refractivity contribution in [3.8, 4) is 0 Å². The lowest BCUT2D eigenvalue weighted by Crippen LogP contribution is -2.42. The molecular weight excluding hydrogens is 239 g/mol. The zero-order valence-electron chi connectivity index (χ0n) is 10.5. The van der Waals surface area contributed by atoms with Gasteiger partial charge in [0.1, 0.15) is 5.82 Å². The lowest BCUT2D eigenvalue weighted by atomic mass is 9.68. The van der Waals surface area contributed by atoms with Crippen LogP contribution in [0.4, 0.5) is 13.2 Å². The normalized spacial score (nSPS) is 21.8. The average Bonchev–Trinajstić information content (AvgIpc) is 2.28. The summed E-state index contributed by atoms with van der Waals surface area (Å²) in [4.78, 5) is 0. The highest BCUT2D eigenvalue weighted by atomic mass is 19.3. The Balaban J connectivity index is 2.33. The van der Waals surface area contributed by atoms with Gasteiger partial charge in [0.2, 0.25) is 5.92 Å². The molecule has 0 spiro atoms. The smallest absolute Gasteiger partial charge is 0.248 e. The number of alkyl halides is 2. The summed E-state index contributed by atoms with van der Waals surface area (Å²) in [6, 6.07) is 4.73. The number of rotatable bonds is 2. The molecule has 4 heteroatoms. The van der Waals surface area contributed by atoms with Crippen LogP contribution in [0, 0.1) is 12.7 Å². The van der Waals surface area contributed by atoms with Crippen LogP contribution >= 0.6 is 0 Å². The Kier molecular flexibility index (Phi) is 3.41. The Morgan fingerprint density at radius 1 is 1.11 bits per heavy atom. The van der Waals surface area contributed by atoms with Gasteiger partial charge >= 0.3 is 0 Å². The van der Waals surface area contributed by atoms with E-state index in [4.69, 9.17) is 5.73 Å². The summed E-state index contributed by atoms with van der Waals surface area (Å²) < 4.78 is 39.9.